The van der Waals surface area contributed by atoms with Gasteiger partial charge in [0.1, 0.15) is 5.75 Å². The molecule has 0 bridgehead atoms. The van der Waals surface area contributed by atoms with Crippen molar-refractivity contribution < 1.29 is 4.74 Å². The lowest BCUT2D eigenvalue weighted by molar-refractivity contribution is 0.283. The highest BCUT2D eigenvalue weighted by Gasteiger charge is 2.05. The van der Waals surface area contributed by atoms with Gasteiger partial charge >= 0.3 is 0 Å². The molecule has 1 rings (SSSR count). The van der Waals surface area contributed by atoms with E-state index < -0.39 is 0 Å². The van der Waals surface area contributed by atoms with Crippen molar-refractivity contribution in [2.45, 2.75) is 26.7 Å². The first-order valence-corrected chi connectivity index (χ1v) is 7.26. The van der Waals surface area contributed by atoms with Gasteiger partial charge in [-0.05, 0) is 57.0 Å². The largest absolute Gasteiger partial charge is 0.494 e. The summed E-state index contributed by atoms with van der Waals surface area (Å²) in [5, 5.41) is 0. The fraction of sp³-hybridized carbons (Fsp3) is 0.625. The van der Waals surface area contributed by atoms with Crippen LogP contribution in [0, 0.1) is 5.92 Å². The molecule has 1 unspecified atom stereocenters. The van der Waals surface area contributed by atoms with Crippen LogP contribution >= 0.6 is 0 Å². The standard InChI is InChI=1S/C16H28N2O/c1-4-19-16-7-5-15(6-8-16)10-12-18(3)13-14(2)9-11-17/h5-8,14H,4,9-13,17H2,1-3H3. The monoisotopic (exact) mass is 264 g/mol. The first-order chi connectivity index (χ1) is 9.15. The van der Waals surface area contributed by atoms with Gasteiger partial charge in [-0.2, -0.15) is 0 Å². The van der Waals surface area contributed by atoms with E-state index in [2.05, 4.69) is 43.1 Å². The van der Waals surface area contributed by atoms with Crippen molar-refractivity contribution in [2.24, 2.45) is 11.7 Å². The predicted octanol–water partition coefficient (Wildman–Crippen LogP) is 2.54. The summed E-state index contributed by atoms with van der Waals surface area (Å²) < 4.78 is 5.44. The van der Waals surface area contributed by atoms with E-state index in [1.807, 2.05) is 6.92 Å². The van der Waals surface area contributed by atoms with Crippen molar-refractivity contribution in [3.05, 3.63) is 29.8 Å². The Morgan fingerprint density at radius 1 is 1.26 bits per heavy atom. The van der Waals surface area contributed by atoms with Gasteiger partial charge in [-0.25, -0.2) is 0 Å². The average molecular weight is 264 g/mol. The van der Waals surface area contributed by atoms with Crippen LogP contribution in [0.15, 0.2) is 24.3 Å². The molecular weight excluding hydrogens is 236 g/mol. The second-order valence-electron chi connectivity index (χ2n) is 5.27. The molecule has 0 aliphatic heterocycles. The van der Waals surface area contributed by atoms with E-state index >= 15 is 0 Å². The first kappa shape index (κ1) is 16.0. The second-order valence-corrected chi connectivity index (χ2v) is 5.27. The zero-order chi connectivity index (χ0) is 14.1. The van der Waals surface area contributed by atoms with Gasteiger partial charge < -0.3 is 15.4 Å². The van der Waals surface area contributed by atoms with Crippen molar-refractivity contribution in [3.8, 4) is 5.75 Å². The summed E-state index contributed by atoms with van der Waals surface area (Å²) in [6.45, 7) is 7.98. The fourth-order valence-electron chi connectivity index (χ4n) is 2.24. The third kappa shape index (κ3) is 6.60. The number of benzene rings is 1. The molecular formula is C16H28N2O. The number of hydrogen-bond donors (Lipinski definition) is 1. The van der Waals surface area contributed by atoms with Crippen LogP contribution in [-0.2, 0) is 6.42 Å². The van der Waals surface area contributed by atoms with Gasteiger partial charge in [-0.3, -0.25) is 0 Å². The quantitative estimate of drug-likeness (QED) is 0.745. The third-order valence-electron chi connectivity index (χ3n) is 3.30. The summed E-state index contributed by atoms with van der Waals surface area (Å²) in [5.41, 5.74) is 6.94. The third-order valence-corrected chi connectivity index (χ3v) is 3.30. The van der Waals surface area contributed by atoms with Crippen LogP contribution in [-0.4, -0.2) is 38.2 Å². The first-order valence-electron chi connectivity index (χ1n) is 7.26. The molecule has 0 saturated carbocycles. The zero-order valence-electron chi connectivity index (χ0n) is 12.6. The molecule has 108 valence electrons. The minimum absolute atomic E-state index is 0.676. The van der Waals surface area contributed by atoms with Crippen LogP contribution in [0.3, 0.4) is 0 Å². The molecule has 0 spiro atoms. The Morgan fingerprint density at radius 3 is 2.53 bits per heavy atom. The molecule has 0 heterocycles. The fourth-order valence-corrected chi connectivity index (χ4v) is 2.24. The lowest BCUT2D eigenvalue weighted by Crippen LogP contribution is -2.27. The van der Waals surface area contributed by atoms with Crippen molar-refractivity contribution >= 4 is 0 Å². The Labute approximate surface area is 117 Å². The van der Waals surface area contributed by atoms with Gasteiger partial charge in [0.25, 0.3) is 0 Å². The van der Waals surface area contributed by atoms with Gasteiger partial charge in [0.15, 0.2) is 0 Å². The van der Waals surface area contributed by atoms with Gasteiger partial charge in [0, 0.05) is 13.1 Å². The van der Waals surface area contributed by atoms with Crippen LogP contribution in [0.25, 0.3) is 0 Å². The maximum absolute atomic E-state index is 5.58. The molecule has 1 aromatic rings. The van der Waals surface area contributed by atoms with E-state index in [0.29, 0.717) is 5.92 Å². The van der Waals surface area contributed by atoms with Gasteiger partial charge in [0.05, 0.1) is 6.61 Å². The van der Waals surface area contributed by atoms with Crippen molar-refractivity contribution in [1.82, 2.24) is 4.90 Å². The molecule has 1 atom stereocenters. The molecule has 0 saturated heterocycles. The summed E-state index contributed by atoms with van der Waals surface area (Å²) >= 11 is 0. The van der Waals surface area contributed by atoms with Gasteiger partial charge in [-0.1, -0.05) is 19.1 Å². The van der Waals surface area contributed by atoms with Crippen LogP contribution in [0.5, 0.6) is 5.75 Å². The number of nitrogens with zero attached hydrogens (tertiary/aromatic N) is 1. The number of nitrogens with two attached hydrogens (primary N) is 1. The minimum atomic E-state index is 0.676. The van der Waals surface area contributed by atoms with Gasteiger partial charge in [-0.15, -0.1) is 0 Å². The molecule has 2 N–H and O–H groups in total. The molecule has 19 heavy (non-hydrogen) atoms. The summed E-state index contributed by atoms with van der Waals surface area (Å²) in [6, 6.07) is 8.41. The molecule has 0 aromatic heterocycles. The SMILES string of the molecule is CCOc1ccc(CCN(C)CC(C)CCN)cc1. The highest BCUT2D eigenvalue weighted by molar-refractivity contribution is 5.27. The van der Waals surface area contributed by atoms with Crippen LogP contribution in [0.4, 0.5) is 0 Å². The van der Waals surface area contributed by atoms with E-state index in [4.69, 9.17) is 10.5 Å². The van der Waals surface area contributed by atoms with Crippen molar-refractivity contribution in [1.29, 1.82) is 0 Å². The molecule has 1 aromatic carbocycles. The Balaban J connectivity index is 2.31. The second kappa shape index (κ2) is 8.94. The highest BCUT2D eigenvalue weighted by Crippen LogP contribution is 2.13. The Hall–Kier alpha value is -1.06. The Kier molecular flexibility index (Phi) is 7.53. The van der Waals surface area contributed by atoms with E-state index in [9.17, 15) is 0 Å². The molecule has 0 radical (unpaired) electrons. The lowest BCUT2D eigenvalue weighted by Gasteiger charge is -2.20. The van der Waals surface area contributed by atoms with Crippen LogP contribution in [0.1, 0.15) is 25.8 Å². The number of rotatable bonds is 9. The van der Waals surface area contributed by atoms with E-state index in [0.717, 1.165) is 44.8 Å². The summed E-state index contributed by atoms with van der Waals surface area (Å²) in [4.78, 5) is 2.39. The summed E-state index contributed by atoms with van der Waals surface area (Å²) in [7, 11) is 2.18. The van der Waals surface area contributed by atoms with Crippen LogP contribution < -0.4 is 10.5 Å². The smallest absolute Gasteiger partial charge is 0.119 e. The molecule has 0 amide bonds. The van der Waals surface area contributed by atoms with Gasteiger partial charge in [0.2, 0.25) is 0 Å². The maximum atomic E-state index is 5.58. The molecule has 3 heteroatoms. The lowest BCUT2D eigenvalue weighted by atomic mass is 10.1. The molecule has 0 aliphatic carbocycles. The average Bonchev–Trinajstić information content (AvgIpc) is 2.38. The van der Waals surface area contributed by atoms with E-state index in [-0.39, 0.29) is 0 Å². The number of likely N-dealkylation sites (N-methyl/N-ethyl adjacent to an activating group) is 1. The zero-order valence-corrected chi connectivity index (χ0v) is 12.6. The maximum Gasteiger partial charge on any atom is 0.119 e. The molecule has 3 nitrogen and oxygen atoms in total. The number of ether oxygens (including phenoxy) is 1. The topological polar surface area (TPSA) is 38.5 Å². The minimum Gasteiger partial charge on any atom is -0.494 e. The Bertz CT molecular complexity index is 337. The van der Waals surface area contributed by atoms with Crippen molar-refractivity contribution in [3.63, 3.8) is 0 Å². The summed E-state index contributed by atoms with van der Waals surface area (Å²) in [5.74, 6) is 1.63. The Morgan fingerprint density at radius 2 is 1.95 bits per heavy atom. The van der Waals surface area contributed by atoms with E-state index in [1.54, 1.807) is 0 Å². The van der Waals surface area contributed by atoms with Crippen molar-refractivity contribution in [2.75, 3.05) is 33.3 Å². The molecule has 0 aliphatic rings. The predicted molar refractivity (Wildman–Crippen MR) is 81.6 cm³/mol. The highest BCUT2D eigenvalue weighted by atomic mass is 16.5. The van der Waals surface area contributed by atoms with Crippen LogP contribution in [0.2, 0.25) is 0 Å². The number of hydrogen-bond acceptors (Lipinski definition) is 3. The normalized spacial score (nSPS) is 12.7. The summed E-state index contributed by atoms with van der Waals surface area (Å²) in [6.07, 6.45) is 2.19. The molecule has 0 fully saturated rings. The van der Waals surface area contributed by atoms with E-state index in [1.165, 1.54) is 5.56 Å².